The fourth-order valence-corrected chi connectivity index (χ4v) is 5.44. The second-order valence-corrected chi connectivity index (χ2v) is 7.96. The van der Waals surface area contributed by atoms with Crippen LogP contribution in [0, 0.1) is 5.92 Å². The summed E-state index contributed by atoms with van der Waals surface area (Å²) in [6.45, 7) is 3.90. The largest absolute Gasteiger partial charge is 0.396 e. The molecular weight excluding hydrogens is 276 g/mol. The summed E-state index contributed by atoms with van der Waals surface area (Å²) >= 11 is 0. The van der Waals surface area contributed by atoms with Crippen molar-refractivity contribution in [1.82, 2.24) is 8.61 Å². The average Bonchev–Trinajstić information content (AvgIpc) is 2.72. The number of piperidine rings is 1. The van der Waals surface area contributed by atoms with Crippen molar-refractivity contribution in [2.45, 2.75) is 57.9 Å². The standard InChI is InChI=1S/C14H28N2O3S/c1-2-14-8-4-3-5-10-16(14)20(18,19)15-9-6-7-13(11-15)12-17/h13-14,17H,2-12H2,1H3. The van der Waals surface area contributed by atoms with Gasteiger partial charge in [-0.05, 0) is 38.0 Å². The lowest BCUT2D eigenvalue weighted by molar-refractivity contribution is 0.158. The van der Waals surface area contributed by atoms with Gasteiger partial charge in [0, 0.05) is 32.3 Å². The van der Waals surface area contributed by atoms with Crippen molar-refractivity contribution in [3.63, 3.8) is 0 Å². The highest BCUT2D eigenvalue weighted by Crippen LogP contribution is 2.27. The van der Waals surface area contributed by atoms with E-state index in [1.165, 1.54) is 0 Å². The molecule has 1 N–H and O–H groups in total. The Labute approximate surface area is 123 Å². The predicted molar refractivity (Wildman–Crippen MR) is 79.6 cm³/mol. The zero-order chi connectivity index (χ0) is 14.6. The molecule has 0 spiro atoms. The van der Waals surface area contributed by atoms with Crippen molar-refractivity contribution in [2.24, 2.45) is 5.92 Å². The molecule has 6 heteroatoms. The Balaban J connectivity index is 2.14. The molecule has 0 aromatic carbocycles. The maximum absolute atomic E-state index is 12.9. The first-order chi connectivity index (χ1) is 9.59. The van der Waals surface area contributed by atoms with Crippen molar-refractivity contribution in [1.29, 1.82) is 0 Å². The second-order valence-electron chi connectivity index (χ2n) is 6.08. The monoisotopic (exact) mass is 304 g/mol. The normalized spacial score (nSPS) is 31.1. The van der Waals surface area contributed by atoms with Crippen LogP contribution in [-0.4, -0.2) is 54.4 Å². The zero-order valence-electron chi connectivity index (χ0n) is 12.5. The van der Waals surface area contributed by atoms with Gasteiger partial charge in [-0.25, -0.2) is 0 Å². The number of hydrogen-bond donors (Lipinski definition) is 1. The number of nitrogens with zero attached hydrogens (tertiary/aromatic N) is 2. The van der Waals surface area contributed by atoms with E-state index in [1.807, 2.05) is 0 Å². The molecule has 2 rings (SSSR count). The van der Waals surface area contributed by atoms with E-state index in [4.69, 9.17) is 0 Å². The van der Waals surface area contributed by atoms with Crippen LogP contribution in [0.3, 0.4) is 0 Å². The Kier molecular flexibility index (Phi) is 5.84. The first-order valence-corrected chi connectivity index (χ1v) is 9.37. The molecule has 0 aromatic rings. The van der Waals surface area contributed by atoms with E-state index in [9.17, 15) is 13.5 Å². The van der Waals surface area contributed by atoms with Crippen LogP contribution >= 0.6 is 0 Å². The summed E-state index contributed by atoms with van der Waals surface area (Å²) in [4.78, 5) is 0. The third kappa shape index (κ3) is 3.53. The molecule has 0 aliphatic carbocycles. The first kappa shape index (κ1) is 16.2. The van der Waals surface area contributed by atoms with Gasteiger partial charge in [-0.1, -0.05) is 19.8 Å². The van der Waals surface area contributed by atoms with E-state index in [1.54, 1.807) is 8.61 Å². The van der Waals surface area contributed by atoms with Crippen LogP contribution in [0.2, 0.25) is 0 Å². The molecule has 0 bridgehead atoms. The maximum atomic E-state index is 12.9. The van der Waals surface area contributed by atoms with E-state index in [0.29, 0.717) is 19.6 Å². The molecule has 20 heavy (non-hydrogen) atoms. The lowest BCUT2D eigenvalue weighted by atomic mass is 10.0. The van der Waals surface area contributed by atoms with Crippen LogP contribution in [0.5, 0.6) is 0 Å². The lowest BCUT2D eigenvalue weighted by Crippen LogP contribution is -2.51. The average molecular weight is 304 g/mol. The smallest absolute Gasteiger partial charge is 0.282 e. The minimum atomic E-state index is -3.36. The molecule has 2 fully saturated rings. The van der Waals surface area contributed by atoms with E-state index in [-0.39, 0.29) is 18.6 Å². The Hall–Kier alpha value is -0.170. The summed E-state index contributed by atoms with van der Waals surface area (Å²) in [6.07, 6.45) is 6.87. The van der Waals surface area contributed by atoms with E-state index in [0.717, 1.165) is 44.9 Å². The minimum Gasteiger partial charge on any atom is -0.396 e. The fraction of sp³-hybridized carbons (Fsp3) is 1.00. The summed E-state index contributed by atoms with van der Waals surface area (Å²) in [5.74, 6) is 0.102. The predicted octanol–water partition coefficient (Wildman–Crippen LogP) is 1.59. The zero-order valence-corrected chi connectivity index (χ0v) is 13.3. The van der Waals surface area contributed by atoms with Crippen LogP contribution in [0.25, 0.3) is 0 Å². The van der Waals surface area contributed by atoms with E-state index < -0.39 is 10.2 Å². The SMILES string of the molecule is CCC1CCCCCN1S(=O)(=O)N1CCCC(CO)C1. The lowest BCUT2D eigenvalue weighted by Gasteiger charge is -2.37. The van der Waals surface area contributed by atoms with Crippen molar-refractivity contribution in [3.05, 3.63) is 0 Å². The van der Waals surface area contributed by atoms with Gasteiger partial charge in [0.15, 0.2) is 0 Å². The van der Waals surface area contributed by atoms with Gasteiger partial charge in [-0.3, -0.25) is 0 Å². The number of aliphatic hydroxyl groups is 1. The van der Waals surface area contributed by atoms with Crippen LogP contribution < -0.4 is 0 Å². The summed E-state index contributed by atoms with van der Waals surface area (Å²) < 4.78 is 29.1. The molecule has 2 atom stereocenters. The summed E-state index contributed by atoms with van der Waals surface area (Å²) in [7, 11) is -3.36. The van der Waals surface area contributed by atoms with Gasteiger partial charge in [0.2, 0.25) is 0 Å². The van der Waals surface area contributed by atoms with Gasteiger partial charge in [-0.2, -0.15) is 17.0 Å². The Morgan fingerprint density at radius 3 is 2.60 bits per heavy atom. The van der Waals surface area contributed by atoms with Gasteiger partial charge < -0.3 is 5.11 Å². The van der Waals surface area contributed by atoms with Gasteiger partial charge >= 0.3 is 0 Å². The Bertz CT molecular complexity index is 399. The van der Waals surface area contributed by atoms with Crippen LogP contribution in [0.15, 0.2) is 0 Å². The summed E-state index contributed by atoms with van der Waals surface area (Å²) in [6, 6.07) is 0.150. The third-order valence-corrected chi connectivity index (χ3v) is 6.71. The summed E-state index contributed by atoms with van der Waals surface area (Å²) in [5.41, 5.74) is 0. The molecule has 2 unspecified atom stereocenters. The second kappa shape index (κ2) is 7.20. The van der Waals surface area contributed by atoms with Gasteiger partial charge in [-0.15, -0.1) is 0 Å². The van der Waals surface area contributed by atoms with E-state index in [2.05, 4.69) is 6.92 Å². The van der Waals surface area contributed by atoms with Crippen LogP contribution in [0.4, 0.5) is 0 Å². The topological polar surface area (TPSA) is 60.9 Å². The van der Waals surface area contributed by atoms with Crippen molar-refractivity contribution >= 4 is 10.2 Å². The first-order valence-electron chi connectivity index (χ1n) is 7.97. The number of hydrogen-bond acceptors (Lipinski definition) is 3. The maximum Gasteiger partial charge on any atom is 0.282 e. The summed E-state index contributed by atoms with van der Waals surface area (Å²) in [5, 5.41) is 9.29. The highest BCUT2D eigenvalue weighted by atomic mass is 32.2. The molecule has 2 aliphatic rings. The van der Waals surface area contributed by atoms with Crippen molar-refractivity contribution in [2.75, 3.05) is 26.2 Å². The molecular formula is C14H28N2O3S. The molecule has 2 aliphatic heterocycles. The van der Waals surface area contributed by atoms with Gasteiger partial charge in [0.25, 0.3) is 10.2 Å². The van der Waals surface area contributed by atoms with Crippen LogP contribution in [-0.2, 0) is 10.2 Å². The van der Waals surface area contributed by atoms with Gasteiger partial charge in [0.05, 0.1) is 0 Å². The van der Waals surface area contributed by atoms with E-state index >= 15 is 0 Å². The molecule has 0 aromatic heterocycles. The molecule has 2 heterocycles. The van der Waals surface area contributed by atoms with Gasteiger partial charge in [0.1, 0.15) is 0 Å². The van der Waals surface area contributed by atoms with Crippen molar-refractivity contribution < 1.29 is 13.5 Å². The quantitative estimate of drug-likeness (QED) is 0.858. The Morgan fingerprint density at radius 2 is 1.90 bits per heavy atom. The Morgan fingerprint density at radius 1 is 1.10 bits per heavy atom. The van der Waals surface area contributed by atoms with Crippen LogP contribution in [0.1, 0.15) is 51.9 Å². The molecule has 5 nitrogen and oxygen atoms in total. The fourth-order valence-electron chi connectivity index (χ4n) is 3.40. The molecule has 2 saturated heterocycles. The minimum absolute atomic E-state index is 0.0865. The highest BCUT2D eigenvalue weighted by Gasteiger charge is 2.37. The molecule has 0 saturated carbocycles. The molecule has 0 amide bonds. The molecule has 118 valence electrons. The number of aliphatic hydroxyl groups excluding tert-OH is 1. The third-order valence-electron chi connectivity index (χ3n) is 4.66. The highest BCUT2D eigenvalue weighted by molar-refractivity contribution is 7.86. The van der Waals surface area contributed by atoms with Crippen molar-refractivity contribution in [3.8, 4) is 0 Å². The number of rotatable bonds is 4. The molecule has 0 radical (unpaired) electrons.